The zero-order valence-corrected chi connectivity index (χ0v) is 16.7. The Morgan fingerprint density at radius 3 is 2.11 bits per heavy atom. The third-order valence-electron chi connectivity index (χ3n) is 3.57. The third kappa shape index (κ3) is 6.35. The molecule has 1 N–H and O–H groups in total. The van der Waals surface area contributed by atoms with Crippen molar-refractivity contribution in [2.75, 3.05) is 41.5 Å². The van der Waals surface area contributed by atoms with E-state index in [9.17, 15) is 22.8 Å². The number of ether oxygens (including phenoxy) is 3. The summed E-state index contributed by atoms with van der Waals surface area (Å²) in [6.45, 7) is -0.895. The topological polar surface area (TPSA) is 128 Å². The lowest BCUT2D eigenvalue weighted by atomic mass is 10.2. The van der Waals surface area contributed by atoms with Gasteiger partial charge in [-0.3, -0.25) is 14.4 Å². The van der Waals surface area contributed by atoms with Crippen molar-refractivity contribution in [1.82, 2.24) is 9.62 Å². The molecule has 10 nitrogen and oxygen atoms in total. The molecule has 0 aromatic heterocycles. The maximum atomic E-state index is 12.3. The van der Waals surface area contributed by atoms with Gasteiger partial charge < -0.3 is 19.1 Å². The van der Waals surface area contributed by atoms with Gasteiger partial charge in [0.1, 0.15) is 23.7 Å². The molecule has 0 saturated heterocycles. The van der Waals surface area contributed by atoms with E-state index in [0.717, 1.165) is 25.2 Å². The molecule has 0 aliphatic heterocycles. The van der Waals surface area contributed by atoms with Crippen LogP contribution in [0, 0.1) is 0 Å². The Labute approximate surface area is 163 Å². The number of amides is 1. The molecule has 28 heavy (non-hydrogen) atoms. The molecule has 1 aromatic rings. The number of nitrogens with zero attached hydrogens (tertiary/aromatic N) is 1. The molecular weight excluding hydrogens is 392 g/mol. The molecule has 0 fully saturated rings. The van der Waals surface area contributed by atoms with Crippen molar-refractivity contribution in [1.29, 1.82) is 0 Å². The highest BCUT2D eigenvalue weighted by atomic mass is 32.2. The van der Waals surface area contributed by atoms with E-state index in [0.29, 0.717) is 5.56 Å². The minimum atomic E-state index is -3.78. The number of carbonyl (C=O) groups is 3. The van der Waals surface area contributed by atoms with Crippen molar-refractivity contribution >= 4 is 33.9 Å². The third-order valence-corrected chi connectivity index (χ3v) is 5.01. The van der Waals surface area contributed by atoms with Crippen molar-refractivity contribution in [2.45, 2.75) is 4.90 Å². The number of rotatable bonds is 9. The smallest absolute Gasteiger partial charge is 0.325 e. The molecule has 1 aromatic carbocycles. The number of sulfonamides is 1. The summed E-state index contributed by atoms with van der Waals surface area (Å²) in [5.41, 5.74) is 0.388. The molecule has 154 valence electrons. The Balaban J connectivity index is 3.12. The molecule has 1 amide bonds. The predicted molar refractivity (Wildman–Crippen MR) is 98.9 cm³/mol. The van der Waals surface area contributed by atoms with E-state index in [4.69, 9.17) is 4.74 Å². The fourth-order valence-electron chi connectivity index (χ4n) is 2.04. The van der Waals surface area contributed by atoms with Gasteiger partial charge in [0.05, 0.1) is 21.3 Å². The highest BCUT2D eigenvalue weighted by Crippen LogP contribution is 2.25. The van der Waals surface area contributed by atoms with Crippen molar-refractivity contribution in [3.63, 3.8) is 0 Å². The second-order valence-corrected chi connectivity index (χ2v) is 7.15. The average molecular weight is 414 g/mol. The molecule has 0 unspecified atom stereocenters. The molecule has 0 bridgehead atoms. The zero-order chi connectivity index (χ0) is 21.3. The molecule has 0 aliphatic carbocycles. The lowest BCUT2D eigenvalue weighted by molar-refractivity contribution is -0.150. The van der Waals surface area contributed by atoms with Gasteiger partial charge in [0.25, 0.3) is 0 Å². The fourth-order valence-corrected chi connectivity index (χ4v) is 2.97. The minimum Gasteiger partial charge on any atom is -0.495 e. The molecule has 0 aliphatic rings. The van der Waals surface area contributed by atoms with Crippen LogP contribution in [0.25, 0.3) is 6.08 Å². The van der Waals surface area contributed by atoms with Crippen molar-refractivity contribution in [3.05, 3.63) is 29.8 Å². The second kappa shape index (κ2) is 10.4. The molecule has 11 heteroatoms. The summed E-state index contributed by atoms with van der Waals surface area (Å²) in [6, 6.07) is 4.30. The SMILES string of the molecule is CNS(=O)(=O)c1cc(/C=C/C(=O)N(CC(=O)OC)CC(=O)OC)ccc1OC. The van der Waals surface area contributed by atoms with Gasteiger partial charge >= 0.3 is 11.9 Å². The van der Waals surface area contributed by atoms with Crippen LogP contribution in [0.1, 0.15) is 5.56 Å². The number of methoxy groups -OCH3 is 3. The Hall–Kier alpha value is -2.92. The first kappa shape index (κ1) is 23.1. The van der Waals surface area contributed by atoms with Crippen molar-refractivity contribution in [3.8, 4) is 5.75 Å². The van der Waals surface area contributed by atoms with Crippen molar-refractivity contribution in [2.24, 2.45) is 0 Å². The van der Waals surface area contributed by atoms with Crippen LogP contribution in [-0.4, -0.2) is 72.6 Å². The highest BCUT2D eigenvalue weighted by Gasteiger charge is 2.20. The van der Waals surface area contributed by atoms with Gasteiger partial charge in [-0.15, -0.1) is 0 Å². The summed E-state index contributed by atoms with van der Waals surface area (Å²) < 4.78 is 40.4. The number of carbonyl (C=O) groups excluding carboxylic acids is 3. The summed E-state index contributed by atoms with van der Waals surface area (Å²) in [4.78, 5) is 36.1. The summed E-state index contributed by atoms with van der Waals surface area (Å²) in [5.74, 6) is -1.95. The van der Waals surface area contributed by atoms with Gasteiger partial charge in [0.2, 0.25) is 15.9 Å². The second-order valence-electron chi connectivity index (χ2n) is 5.30. The van der Waals surface area contributed by atoms with Crippen LogP contribution in [0.3, 0.4) is 0 Å². The van der Waals surface area contributed by atoms with Gasteiger partial charge in [-0.05, 0) is 30.8 Å². The minimum absolute atomic E-state index is 0.104. The van der Waals surface area contributed by atoms with E-state index in [1.807, 2.05) is 0 Å². The lowest BCUT2D eigenvalue weighted by Crippen LogP contribution is -2.39. The van der Waals surface area contributed by atoms with Gasteiger partial charge in [-0.25, -0.2) is 13.1 Å². The van der Waals surface area contributed by atoms with E-state index < -0.39 is 41.0 Å². The van der Waals surface area contributed by atoms with Gasteiger partial charge in [-0.2, -0.15) is 0 Å². The Kier molecular flexibility index (Phi) is 8.61. The standard InChI is InChI=1S/C17H22N2O8S/c1-18-28(23,24)14-9-12(5-7-13(14)25-2)6-8-15(20)19(10-16(21)26-3)11-17(22)27-4/h5-9,18H,10-11H2,1-4H3/b8-6+. The van der Waals surface area contributed by atoms with E-state index >= 15 is 0 Å². The van der Waals surface area contributed by atoms with Crippen LogP contribution in [0.5, 0.6) is 5.75 Å². The van der Waals surface area contributed by atoms with Crippen molar-refractivity contribution < 1.29 is 37.0 Å². The molecular formula is C17H22N2O8S. The first-order valence-corrected chi connectivity index (χ1v) is 9.39. The van der Waals surface area contributed by atoms with Crippen LogP contribution < -0.4 is 9.46 Å². The number of nitrogens with one attached hydrogen (secondary N) is 1. The van der Waals surface area contributed by atoms with Gasteiger partial charge in [0.15, 0.2) is 0 Å². The Morgan fingerprint density at radius 2 is 1.64 bits per heavy atom. The molecule has 0 atom stereocenters. The van der Waals surface area contributed by atoms with E-state index in [1.165, 1.54) is 32.4 Å². The summed E-state index contributed by atoms with van der Waals surface area (Å²) in [7, 11) is 1.12. The van der Waals surface area contributed by atoms with Gasteiger partial charge in [0, 0.05) is 6.08 Å². The van der Waals surface area contributed by atoms with Crippen LogP contribution >= 0.6 is 0 Å². The van der Waals surface area contributed by atoms with Crippen LogP contribution in [0.4, 0.5) is 0 Å². The Morgan fingerprint density at radius 1 is 1.07 bits per heavy atom. The number of hydrogen-bond donors (Lipinski definition) is 1. The fraction of sp³-hybridized carbons (Fsp3) is 0.353. The van der Waals surface area contributed by atoms with E-state index in [1.54, 1.807) is 6.07 Å². The molecule has 1 rings (SSSR count). The van der Waals surface area contributed by atoms with Crippen LogP contribution in [-0.2, 0) is 33.9 Å². The first-order valence-electron chi connectivity index (χ1n) is 7.90. The van der Waals surface area contributed by atoms with Crippen LogP contribution in [0.15, 0.2) is 29.2 Å². The first-order chi connectivity index (χ1) is 13.2. The van der Waals surface area contributed by atoms with Gasteiger partial charge in [-0.1, -0.05) is 6.07 Å². The Bertz CT molecular complexity index is 846. The molecule has 0 radical (unpaired) electrons. The van der Waals surface area contributed by atoms with E-state index in [2.05, 4.69) is 14.2 Å². The highest BCUT2D eigenvalue weighted by molar-refractivity contribution is 7.89. The summed E-state index contributed by atoms with van der Waals surface area (Å²) >= 11 is 0. The quantitative estimate of drug-likeness (QED) is 0.434. The monoisotopic (exact) mass is 414 g/mol. The largest absolute Gasteiger partial charge is 0.495 e. The predicted octanol–water partition coefficient (Wildman–Crippen LogP) is -0.209. The normalized spacial score (nSPS) is 11.1. The summed E-state index contributed by atoms with van der Waals surface area (Å²) in [5, 5.41) is 0. The lowest BCUT2D eigenvalue weighted by Gasteiger charge is -2.18. The summed E-state index contributed by atoms with van der Waals surface area (Å²) in [6.07, 6.45) is 2.45. The maximum Gasteiger partial charge on any atom is 0.325 e. The maximum absolute atomic E-state index is 12.3. The molecule has 0 heterocycles. The average Bonchev–Trinajstić information content (AvgIpc) is 2.70. The van der Waals surface area contributed by atoms with Crippen LogP contribution in [0.2, 0.25) is 0 Å². The number of esters is 2. The zero-order valence-electron chi connectivity index (χ0n) is 15.9. The number of benzene rings is 1. The molecule has 0 saturated carbocycles. The van der Waals surface area contributed by atoms with E-state index in [-0.39, 0.29) is 10.6 Å². The number of hydrogen-bond acceptors (Lipinski definition) is 8. The molecule has 0 spiro atoms.